The van der Waals surface area contributed by atoms with Crippen molar-refractivity contribution in [1.29, 1.82) is 0 Å². The zero-order chi connectivity index (χ0) is 26.6. The van der Waals surface area contributed by atoms with Gasteiger partial charge in [-0.05, 0) is 60.5 Å². The van der Waals surface area contributed by atoms with Crippen molar-refractivity contribution < 1.29 is 14.1 Å². The van der Waals surface area contributed by atoms with Gasteiger partial charge in [0.2, 0.25) is 17.6 Å². The number of rotatable bonds is 7. The molecule has 0 radical (unpaired) electrons. The summed E-state index contributed by atoms with van der Waals surface area (Å²) in [6, 6.07) is 20.1. The maximum absolute atomic E-state index is 12.9. The molecule has 2 heterocycles. The van der Waals surface area contributed by atoms with Crippen LogP contribution in [0, 0.1) is 13.8 Å². The number of ether oxygens (including phenoxy) is 1. The fourth-order valence-corrected chi connectivity index (χ4v) is 4.80. The van der Waals surface area contributed by atoms with Crippen LogP contribution >= 0.6 is 0 Å². The van der Waals surface area contributed by atoms with E-state index >= 15 is 0 Å². The molecule has 3 aromatic carbocycles. The molecule has 0 unspecified atom stereocenters. The second-order valence-corrected chi connectivity index (χ2v) is 9.77. The summed E-state index contributed by atoms with van der Waals surface area (Å²) in [5.41, 5.74) is 6.99. The molecule has 5 rings (SSSR count). The Hall–Kier alpha value is -4.17. The standard InChI is InChI=1S/C30H33N5O3/c1-20-17-24(30-31-21(2)38-33-30)9-11-26(20)23-7-5-22(6-8-23)18-29(36)32-25-10-12-28(37-4)27(19-25)35-15-13-34(3)14-16-35/h5-12,17,19H,13-16,18H2,1-4H3,(H,32,36). The molecule has 0 saturated carbocycles. The minimum absolute atomic E-state index is 0.0526. The molecule has 8 nitrogen and oxygen atoms in total. The van der Waals surface area contributed by atoms with E-state index in [1.165, 1.54) is 0 Å². The van der Waals surface area contributed by atoms with E-state index in [0.29, 0.717) is 18.1 Å². The number of hydrogen-bond donors (Lipinski definition) is 1. The lowest BCUT2D eigenvalue weighted by molar-refractivity contribution is -0.115. The molecule has 4 aromatic rings. The number of aryl methyl sites for hydroxylation is 2. The highest BCUT2D eigenvalue weighted by Crippen LogP contribution is 2.32. The number of carbonyl (C=O) groups is 1. The number of aromatic nitrogens is 2. The molecule has 38 heavy (non-hydrogen) atoms. The number of likely N-dealkylation sites (N-methyl/N-ethyl adjacent to an activating group) is 1. The van der Waals surface area contributed by atoms with Crippen LogP contribution in [0.1, 0.15) is 17.0 Å². The lowest BCUT2D eigenvalue weighted by atomic mass is 9.97. The molecule has 0 bridgehead atoms. The molecule has 0 atom stereocenters. The third-order valence-electron chi connectivity index (χ3n) is 6.95. The van der Waals surface area contributed by atoms with Crippen molar-refractivity contribution in [2.45, 2.75) is 20.3 Å². The summed E-state index contributed by atoms with van der Waals surface area (Å²) in [4.78, 5) is 21.8. The maximum Gasteiger partial charge on any atom is 0.228 e. The number of nitrogens with one attached hydrogen (secondary N) is 1. The van der Waals surface area contributed by atoms with Gasteiger partial charge in [0.15, 0.2) is 0 Å². The molecule has 0 aliphatic carbocycles. The van der Waals surface area contributed by atoms with Gasteiger partial charge < -0.3 is 24.4 Å². The Morgan fingerprint density at radius 3 is 2.37 bits per heavy atom. The highest BCUT2D eigenvalue weighted by Gasteiger charge is 2.18. The first-order chi connectivity index (χ1) is 18.4. The van der Waals surface area contributed by atoms with Crippen LogP contribution in [0.15, 0.2) is 65.2 Å². The van der Waals surface area contributed by atoms with E-state index in [1.807, 2.05) is 36.4 Å². The smallest absolute Gasteiger partial charge is 0.228 e. The highest BCUT2D eigenvalue weighted by molar-refractivity contribution is 5.93. The van der Waals surface area contributed by atoms with Gasteiger partial charge in [-0.15, -0.1) is 0 Å². The fourth-order valence-electron chi connectivity index (χ4n) is 4.80. The predicted octanol–water partition coefficient (Wildman–Crippen LogP) is 4.96. The van der Waals surface area contributed by atoms with E-state index in [0.717, 1.165) is 71.1 Å². The molecule has 1 aromatic heterocycles. The van der Waals surface area contributed by atoms with Crippen LogP contribution in [0.5, 0.6) is 5.75 Å². The molecular formula is C30H33N5O3. The Kier molecular flexibility index (Phi) is 7.42. The van der Waals surface area contributed by atoms with E-state index < -0.39 is 0 Å². The first kappa shape index (κ1) is 25.5. The zero-order valence-electron chi connectivity index (χ0n) is 22.3. The van der Waals surface area contributed by atoms with Crippen molar-refractivity contribution in [3.63, 3.8) is 0 Å². The molecule has 196 valence electrons. The Morgan fingerprint density at radius 2 is 1.71 bits per heavy atom. The number of anilines is 2. The Bertz CT molecular complexity index is 1420. The van der Waals surface area contributed by atoms with Crippen molar-refractivity contribution in [3.05, 3.63) is 77.7 Å². The maximum atomic E-state index is 12.9. The van der Waals surface area contributed by atoms with E-state index in [9.17, 15) is 4.79 Å². The summed E-state index contributed by atoms with van der Waals surface area (Å²) in [5, 5.41) is 7.06. The van der Waals surface area contributed by atoms with Crippen molar-refractivity contribution in [2.75, 3.05) is 50.6 Å². The molecule has 1 aliphatic rings. The van der Waals surface area contributed by atoms with Crippen molar-refractivity contribution in [1.82, 2.24) is 15.0 Å². The van der Waals surface area contributed by atoms with Gasteiger partial charge >= 0.3 is 0 Å². The summed E-state index contributed by atoms with van der Waals surface area (Å²) >= 11 is 0. The third-order valence-corrected chi connectivity index (χ3v) is 6.95. The van der Waals surface area contributed by atoms with Gasteiger partial charge in [0.1, 0.15) is 5.75 Å². The van der Waals surface area contributed by atoms with Gasteiger partial charge in [0.25, 0.3) is 0 Å². The minimum atomic E-state index is -0.0526. The molecule has 1 saturated heterocycles. The molecular weight excluding hydrogens is 478 g/mol. The number of carbonyl (C=O) groups excluding carboxylic acids is 1. The highest BCUT2D eigenvalue weighted by atomic mass is 16.5. The summed E-state index contributed by atoms with van der Waals surface area (Å²) < 4.78 is 10.7. The average molecular weight is 512 g/mol. The summed E-state index contributed by atoms with van der Waals surface area (Å²) in [6.45, 7) is 7.70. The Morgan fingerprint density at radius 1 is 0.974 bits per heavy atom. The van der Waals surface area contributed by atoms with Crippen LogP contribution in [-0.4, -0.2) is 61.3 Å². The predicted molar refractivity (Wildman–Crippen MR) is 150 cm³/mol. The second kappa shape index (κ2) is 11.1. The van der Waals surface area contributed by atoms with Gasteiger partial charge in [-0.1, -0.05) is 41.6 Å². The lowest BCUT2D eigenvalue weighted by Crippen LogP contribution is -2.44. The second-order valence-electron chi connectivity index (χ2n) is 9.77. The topological polar surface area (TPSA) is 83.7 Å². The van der Waals surface area contributed by atoms with E-state index in [4.69, 9.17) is 9.26 Å². The van der Waals surface area contributed by atoms with Gasteiger partial charge in [0, 0.05) is 44.4 Å². The van der Waals surface area contributed by atoms with Gasteiger partial charge in [-0.25, -0.2) is 0 Å². The van der Waals surface area contributed by atoms with E-state index in [-0.39, 0.29) is 5.91 Å². The summed E-state index contributed by atoms with van der Waals surface area (Å²) in [5.74, 6) is 1.90. The molecule has 0 spiro atoms. The SMILES string of the molecule is COc1ccc(NC(=O)Cc2ccc(-c3ccc(-c4noc(C)n4)cc3C)cc2)cc1N1CCN(C)CC1. The number of methoxy groups -OCH3 is 1. The van der Waals surface area contributed by atoms with Gasteiger partial charge in [-0.3, -0.25) is 4.79 Å². The van der Waals surface area contributed by atoms with E-state index in [1.54, 1.807) is 14.0 Å². The van der Waals surface area contributed by atoms with Crippen LogP contribution in [0.2, 0.25) is 0 Å². The monoisotopic (exact) mass is 511 g/mol. The summed E-state index contributed by atoms with van der Waals surface area (Å²) in [7, 11) is 3.81. The lowest BCUT2D eigenvalue weighted by Gasteiger charge is -2.34. The normalized spacial score (nSPS) is 13.9. The molecule has 8 heteroatoms. The number of piperazine rings is 1. The van der Waals surface area contributed by atoms with Crippen LogP contribution in [0.3, 0.4) is 0 Å². The Balaban J connectivity index is 1.24. The zero-order valence-corrected chi connectivity index (χ0v) is 22.3. The molecule has 1 aliphatic heterocycles. The largest absolute Gasteiger partial charge is 0.495 e. The van der Waals surface area contributed by atoms with Gasteiger partial charge in [0.05, 0.1) is 19.2 Å². The molecule has 1 N–H and O–H groups in total. The number of hydrogen-bond acceptors (Lipinski definition) is 7. The molecule has 1 fully saturated rings. The number of amides is 1. The first-order valence-electron chi connectivity index (χ1n) is 12.8. The third kappa shape index (κ3) is 5.70. The Labute approximate surface area is 223 Å². The van der Waals surface area contributed by atoms with E-state index in [2.05, 4.69) is 63.5 Å². The average Bonchev–Trinajstić information content (AvgIpc) is 3.36. The minimum Gasteiger partial charge on any atom is -0.495 e. The quantitative estimate of drug-likeness (QED) is 0.375. The molecule has 1 amide bonds. The van der Waals surface area contributed by atoms with Gasteiger partial charge in [-0.2, -0.15) is 4.98 Å². The first-order valence-corrected chi connectivity index (χ1v) is 12.8. The fraction of sp³-hybridized carbons (Fsp3) is 0.300. The van der Waals surface area contributed by atoms with Crippen molar-refractivity contribution in [3.8, 4) is 28.3 Å². The number of benzene rings is 3. The van der Waals surface area contributed by atoms with Crippen molar-refractivity contribution >= 4 is 17.3 Å². The summed E-state index contributed by atoms with van der Waals surface area (Å²) in [6.07, 6.45) is 0.297. The number of nitrogens with zero attached hydrogens (tertiary/aromatic N) is 4. The van der Waals surface area contributed by atoms with Crippen LogP contribution < -0.4 is 15.0 Å². The van der Waals surface area contributed by atoms with Crippen LogP contribution in [0.4, 0.5) is 11.4 Å². The van der Waals surface area contributed by atoms with Crippen LogP contribution in [-0.2, 0) is 11.2 Å². The van der Waals surface area contributed by atoms with Crippen LogP contribution in [0.25, 0.3) is 22.5 Å². The van der Waals surface area contributed by atoms with Crippen molar-refractivity contribution in [2.24, 2.45) is 0 Å².